The van der Waals surface area contributed by atoms with Gasteiger partial charge >= 0.3 is 0 Å². The molecule has 0 spiro atoms. The number of nitrogens with one attached hydrogen (secondary N) is 1. The fourth-order valence-electron chi connectivity index (χ4n) is 1.62. The predicted octanol–water partition coefficient (Wildman–Crippen LogP) is 1.13. The van der Waals surface area contributed by atoms with Crippen molar-refractivity contribution in [3.05, 3.63) is 42.1 Å². The maximum absolute atomic E-state index is 11.7. The summed E-state index contributed by atoms with van der Waals surface area (Å²) in [5.74, 6) is 1.59. The Labute approximate surface area is 112 Å². The fraction of sp³-hybridized carbons (Fsp3) is 0.308. The maximum Gasteiger partial charge on any atom is 0.254 e. The van der Waals surface area contributed by atoms with E-state index in [4.69, 9.17) is 0 Å². The Hall–Kier alpha value is -2.37. The molecule has 0 aliphatic carbocycles. The van der Waals surface area contributed by atoms with Crippen molar-refractivity contribution in [1.82, 2.24) is 19.4 Å². The van der Waals surface area contributed by atoms with Gasteiger partial charge in [0.15, 0.2) is 0 Å². The minimum absolute atomic E-state index is 0.0526. The van der Waals surface area contributed by atoms with Gasteiger partial charge in [-0.05, 0) is 12.1 Å². The van der Waals surface area contributed by atoms with Gasteiger partial charge in [0, 0.05) is 39.7 Å². The molecule has 1 N–H and O–H groups in total. The summed E-state index contributed by atoms with van der Waals surface area (Å²) in [6.45, 7) is 0.595. The summed E-state index contributed by atoms with van der Waals surface area (Å²) in [4.78, 5) is 21.7. The summed E-state index contributed by atoms with van der Waals surface area (Å²) in [5, 5.41) is 3.16. The molecule has 0 aromatic carbocycles. The number of aromatic nitrogens is 3. The van der Waals surface area contributed by atoms with E-state index in [2.05, 4.69) is 15.3 Å². The van der Waals surface area contributed by atoms with Crippen LogP contribution < -0.4 is 5.32 Å². The fourth-order valence-corrected chi connectivity index (χ4v) is 1.62. The van der Waals surface area contributed by atoms with Gasteiger partial charge in [-0.15, -0.1) is 0 Å². The predicted molar refractivity (Wildman–Crippen MR) is 72.8 cm³/mol. The van der Waals surface area contributed by atoms with Crippen LogP contribution in [0.5, 0.6) is 0 Å². The first-order chi connectivity index (χ1) is 9.08. The van der Waals surface area contributed by atoms with E-state index in [0.717, 1.165) is 11.6 Å². The molecule has 0 aliphatic heterocycles. The van der Waals surface area contributed by atoms with Crippen LogP contribution in [0.3, 0.4) is 0 Å². The van der Waals surface area contributed by atoms with Crippen LogP contribution in [-0.4, -0.2) is 39.4 Å². The van der Waals surface area contributed by atoms with Crippen molar-refractivity contribution in [2.45, 2.75) is 6.54 Å². The van der Waals surface area contributed by atoms with Gasteiger partial charge in [-0.1, -0.05) is 0 Å². The number of imidazole rings is 1. The zero-order valence-corrected chi connectivity index (χ0v) is 11.3. The first-order valence-electron chi connectivity index (χ1n) is 5.95. The molecular weight excluding hydrogens is 242 g/mol. The van der Waals surface area contributed by atoms with Gasteiger partial charge in [0.25, 0.3) is 5.91 Å². The van der Waals surface area contributed by atoms with Crippen molar-refractivity contribution < 1.29 is 4.79 Å². The third kappa shape index (κ3) is 3.09. The van der Waals surface area contributed by atoms with Crippen LogP contribution in [0, 0.1) is 0 Å². The number of pyridine rings is 1. The summed E-state index contributed by atoms with van der Waals surface area (Å²) >= 11 is 0. The lowest BCUT2D eigenvalue weighted by Gasteiger charge is -2.10. The number of carbonyl (C=O) groups is 1. The van der Waals surface area contributed by atoms with Gasteiger partial charge in [-0.3, -0.25) is 4.79 Å². The number of amides is 1. The van der Waals surface area contributed by atoms with Gasteiger partial charge in [0.1, 0.15) is 11.6 Å². The molecule has 2 aromatic heterocycles. The quantitative estimate of drug-likeness (QED) is 0.894. The highest BCUT2D eigenvalue weighted by Gasteiger charge is 2.08. The molecule has 0 atom stereocenters. The van der Waals surface area contributed by atoms with E-state index < -0.39 is 0 Å². The van der Waals surface area contributed by atoms with Gasteiger partial charge in [0.05, 0.1) is 12.1 Å². The third-order valence-corrected chi connectivity index (χ3v) is 2.77. The summed E-state index contributed by atoms with van der Waals surface area (Å²) in [5.41, 5.74) is 0.576. The standard InChI is InChI=1S/C13H17N5O/c1-17(2)13(19)10-4-5-11(15-8-10)16-9-12-14-6-7-18(12)3/h4-8H,9H2,1-3H3,(H,15,16). The summed E-state index contributed by atoms with van der Waals surface area (Å²) in [6.07, 6.45) is 5.22. The van der Waals surface area contributed by atoms with Gasteiger partial charge in [-0.25, -0.2) is 9.97 Å². The molecule has 19 heavy (non-hydrogen) atoms. The lowest BCUT2D eigenvalue weighted by atomic mass is 10.2. The molecule has 100 valence electrons. The first kappa shape index (κ1) is 13.1. The van der Waals surface area contributed by atoms with Crippen molar-refractivity contribution in [2.24, 2.45) is 7.05 Å². The molecule has 0 unspecified atom stereocenters. The largest absolute Gasteiger partial charge is 0.363 e. The molecule has 6 nitrogen and oxygen atoms in total. The minimum Gasteiger partial charge on any atom is -0.363 e. The summed E-state index contributed by atoms with van der Waals surface area (Å²) in [7, 11) is 5.38. The molecule has 0 saturated carbocycles. The van der Waals surface area contributed by atoms with Crippen molar-refractivity contribution >= 4 is 11.7 Å². The van der Waals surface area contributed by atoms with Crippen molar-refractivity contribution in [3.8, 4) is 0 Å². The summed E-state index contributed by atoms with van der Waals surface area (Å²) in [6, 6.07) is 3.55. The van der Waals surface area contributed by atoms with Crippen LogP contribution in [0.25, 0.3) is 0 Å². The Morgan fingerprint density at radius 1 is 1.37 bits per heavy atom. The number of aryl methyl sites for hydroxylation is 1. The van der Waals surface area contributed by atoms with Crippen molar-refractivity contribution in [2.75, 3.05) is 19.4 Å². The second kappa shape index (κ2) is 5.51. The number of hydrogen-bond acceptors (Lipinski definition) is 4. The van der Waals surface area contributed by atoms with Gasteiger partial charge < -0.3 is 14.8 Å². The Balaban J connectivity index is 1.99. The molecule has 2 heterocycles. The second-order valence-corrected chi connectivity index (χ2v) is 4.44. The molecule has 0 fully saturated rings. The second-order valence-electron chi connectivity index (χ2n) is 4.44. The Morgan fingerprint density at radius 2 is 2.16 bits per heavy atom. The lowest BCUT2D eigenvalue weighted by molar-refractivity contribution is 0.0827. The van der Waals surface area contributed by atoms with Crippen LogP contribution in [0.4, 0.5) is 5.82 Å². The van der Waals surface area contributed by atoms with E-state index in [1.165, 1.54) is 4.90 Å². The zero-order chi connectivity index (χ0) is 13.8. The Kier molecular flexibility index (Phi) is 3.79. The number of carbonyl (C=O) groups excluding carboxylic acids is 1. The van der Waals surface area contributed by atoms with Crippen LogP contribution in [0.15, 0.2) is 30.7 Å². The molecule has 1 amide bonds. The highest BCUT2D eigenvalue weighted by molar-refractivity contribution is 5.93. The number of hydrogen-bond donors (Lipinski definition) is 1. The lowest BCUT2D eigenvalue weighted by Crippen LogP contribution is -2.21. The Bertz CT molecular complexity index is 559. The van der Waals surface area contributed by atoms with E-state index in [1.807, 2.05) is 17.8 Å². The van der Waals surface area contributed by atoms with E-state index >= 15 is 0 Å². The molecule has 0 saturated heterocycles. The monoisotopic (exact) mass is 259 g/mol. The van der Waals surface area contributed by atoms with E-state index in [9.17, 15) is 4.79 Å². The third-order valence-electron chi connectivity index (χ3n) is 2.77. The normalized spacial score (nSPS) is 10.3. The van der Waals surface area contributed by atoms with E-state index in [-0.39, 0.29) is 5.91 Å². The molecule has 2 aromatic rings. The highest BCUT2D eigenvalue weighted by Crippen LogP contribution is 2.08. The van der Waals surface area contributed by atoms with Gasteiger partial charge in [-0.2, -0.15) is 0 Å². The van der Waals surface area contributed by atoms with E-state index in [0.29, 0.717) is 12.1 Å². The summed E-state index contributed by atoms with van der Waals surface area (Å²) < 4.78 is 1.94. The first-order valence-corrected chi connectivity index (χ1v) is 5.95. The zero-order valence-electron chi connectivity index (χ0n) is 11.3. The smallest absolute Gasteiger partial charge is 0.254 e. The van der Waals surface area contributed by atoms with Crippen molar-refractivity contribution in [3.63, 3.8) is 0 Å². The SMILES string of the molecule is CN(C)C(=O)c1ccc(NCc2nccn2C)nc1. The van der Waals surface area contributed by atoms with Crippen molar-refractivity contribution in [1.29, 1.82) is 0 Å². The van der Waals surface area contributed by atoms with E-state index in [1.54, 1.807) is 38.6 Å². The molecule has 0 aliphatic rings. The number of nitrogens with zero attached hydrogens (tertiary/aromatic N) is 4. The number of rotatable bonds is 4. The Morgan fingerprint density at radius 3 is 2.68 bits per heavy atom. The topological polar surface area (TPSA) is 63.1 Å². The van der Waals surface area contributed by atoms with Crippen LogP contribution in [0.1, 0.15) is 16.2 Å². The van der Waals surface area contributed by atoms with Crippen LogP contribution >= 0.6 is 0 Å². The number of anilines is 1. The maximum atomic E-state index is 11.7. The van der Waals surface area contributed by atoms with Gasteiger partial charge in [0.2, 0.25) is 0 Å². The molecular formula is C13H17N5O. The average Bonchev–Trinajstić information content (AvgIpc) is 2.81. The van der Waals surface area contributed by atoms with Crippen LogP contribution in [0.2, 0.25) is 0 Å². The minimum atomic E-state index is -0.0526. The van der Waals surface area contributed by atoms with Crippen LogP contribution in [-0.2, 0) is 13.6 Å². The highest BCUT2D eigenvalue weighted by atomic mass is 16.2. The molecule has 6 heteroatoms. The molecule has 0 bridgehead atoms. The molecule has 0 radical (unpaired) electrons. The average molecular weight is 259 g/mol. The molecule has 2 rings (SSSR count).